The average Bonchev–Trinajstić information content (AvgIpc) is 3.58. The van der Waals surface area contributed by atoms with Crippen molar-refractivity contribution in [1.82, 2.24) is 14.9 Å². The quantitative estimate of drug-likeness (QED) is 0.592. The Balaban J connectivity index is 1.27. The van der Waals surface area contributed by atoms with Crippen LogP contribution in [-0.4, -0.2) is 75.7 Å². The van der Waals surface area contributed by atoms with E-state index in [4.69, 9.17) is 14.7 Å². The highest BCUT2D eigenvalue weighted by Gasteiger charge is 2.38. The van der Waals surface area contributed by atoms with Crippen molar-refractivity contribution in [2.45, 2.75) is 80.8 Å². The van der Waals surface area contributed by atoms with Crippen LogP contribution in [0, 0.1) is 0 Å². The van der Waals surface area contributed by atoms with Crippen molar-refractivity contribution in [2.75, 3.05) is 42.8 Å². The topological polar surface area (TPSA) is 87.7 Å². The molecule has 1 saturated carbocycles. The minimum atomic E-state index is -1.05. The van der Waals surface area contributed by atoms with Crippen molar-refractivity contribution < 1.29 is 13.7 Å². The molecule has 3 unspecified atom stereocenters. The number of benzene rings is 1. The van der Waals surface area contributed by atoms with E-state index in [-0.39, 0.29) is 18.0 Å². The number of ether oxygens (including phenoxy) is 1. The maximum Gasteiger partial charge on any atom is 0.253 e. The summed E-state index contributed by atoms with van der Waals surface area (Å²) >= 11 is 0. The van der Waals surface area contributed by atoms with Gasteiger partial charge in [-0.25, -0.2) is 4.98 Å². The third kappa shape index (κ3) is 4.88. The number of hydrogen-bond acceptors (Lipinski definition) is 7. The summed E-state index contributed by atoms with van der Waals surface area (Å²) in [6, 6.07) is 9.15. The molecule has 0 spiro atoms. The zero-order chi connectivity index (χ0) is 25.5. The molecule has 198 valence electrons. The number of aryl methyl sites for hydroxylation is 1. The fraction of sp³-hybridized carbons (Fsp3) is 0.607. The largest absolute Gasteiger partial charge is 0.381 e. The molecule has 0 bridgehead atoms. The predicted octanol–water partition coefficient (Wildman–Crippen LogP) is 3.74. The van der Waals surface area contributed by atoms with Gasteiger partial charge in [0.2, 0.25) is 5.95 Å². The van der Waals surface area contributed by atoms with Gasteiger partial charge in [0.05, 0.1) is 16.5 Å². The van der Waals surface area contributed by atoms with Crippen LogP contribution in [0.15, 0.2) is 29.2 Å². The highest BCUT2D eigenvalue weighted by atomic mass is 32.2. The molecule has 4 heterocycles. The SMILES string of the molecule is CCC1C(c2cccc(C(=O)N(C)C3CC3)c2)CCN1c1nc2c(c(NC3CCOCC3)n1)S(=O)CC2. The van der Waals surface area contributed by atoms with Crippen LogP contribution in [0.3, 0.4) is 0 Å². The number of fused-ring (bicyclic) bond motifs is 1. The molecule has 1 aliphatic carbocycles. The van der Waals surface area contributed by atoms with Crippen molar-refractivity contribution in [3.05, 3.63) is 41.1 Å². The number of carbonyl (C=O) groups excluding carboxylic acids is 1. The van der Waals surface area contributed by atoms with E-state index < -0.39 is 10.8 Å². The van der Waals surface area contributed by atoms with Crippen LogP contribution in [0.4, 0.5) is 11.8 Å². The van der Waals surface area contributed by atoms with E-state index in [0.29, 0.717) is 17.7 Å². The number of nitrogens with zero attached hydrogens (tertiary/aromatic N) is 4. The van der Waals surface area contributed by atoms with Crippen LogP contribution in [0.2, 0.25) is 0 Å². The third-order valence-corrected chi connectivity index (χ3v) is 9.89. The highest BCUT2D eigenvalue weighted by molar-refractivity contribution is 7.85. The molecule has 1 aromatic heterocycles. The van der Waals surface area contributed by atoms with Crippen molar-refractivity contribution in [2.24, 2.45) is 0 Å². The highest BCUT2D eigenvalue weighted by Crippen LogP contribution is 2.39. The summed E-state index contributed by atoms with van der Waals surface area (Å²) in [6.07, 6.45) is 6.74. The van der Waals surface area contributed by atoms with Crippen LogP contribution >= 0.6 is 0 Å². The molecule has 1 N–H and O–H groups in total. The molecule has 3 atom stereocenters. The molecule has 1 amide bonds. The summed E-state index contributed by atoms with van der Waals surface area (Å²) in [5.74, 6) is 2.53. The number of carbonyl (C=O) groups is 1. The summed E-state index contributed by atoms with van der Waals surface area (Å²) < 4.78 is 18.3. The van der Waals surface area contributed by atoms with Crippen LogP contribution in [0.25, 0.3) is 0 Å². The first-order valence-electron chi connectivity index (χ1n) is 13.8. The molecule has 8 nitrogen and oxygen atoms in total. The maximum atomic E-state index is 13.0. The van der Waals surface area contributed by atoms with E-state index >= 15 is 0 Å². The molecular weight excluding hydrogens is 486 g/mol. The Morgan fingerprint density at radius 2 is 2.00 bits per heavy atom. The zero-order valence-electron chi connectivity index (χ0n) is 21.8. The predicted molar refractivity (Wildman–Crippen MR) is 145 cm³/mol. The normalized spacial score (nSPS) is 25.8. The van der Waals surface area contributed by atoms with Crippen molar-refractivity contribution in [3.8, 4) is 0 Å². The molecule has 2 aromatic rings. The third-order valence-electron chi connectivity index (χ3n) is 8.44. The van der Waals surface area contributed by atoms with Crippen LogP contribution in [0.1, 0.15) is 73.0 Å². The van der Waals surface area contributed by atoms with Crippen LogP contribution < -0.4 is 10.2 Å². The second-order valence-corrected chi connectivity index (χ2v) is 12.3. The maximum absolute atomic E-state index is 13.0. The summed E-state index contributed by atoms with van der Waals surface area (Å²) in [5.41, 5.74) is 2.92. The van der Waals surface area contributed by atoms with Gasteiger partial charge in [-0.2, -0.15) is 4.98 Å². The lowest BCUT2D eigenvalue weighted by molar-refractivity contribution is 0.0785. The number of aromatic nitrogens is 2. The molecule has 2 saturated heterocycles. The van der Waals surface area contributed by atoms with Gasteiger partial charge in [-0.05, 0) is 56.2 Å². The van der Waals surface area contributed by atoms with Crippen LogP contribution in [0.5, 0.6) is 0 Å². The molecule has 0 radical (unpaired) electrons. The fourth-order valence-electron chi connectivity index (χ4n) is 6.17. The Kier molecular flexibility index (Phi) is 6.92. The first-order valence-corrected chi connectivity index (χ1v) is 15.1. The molecule has 3 fully saturated rings. The first-order chi connectivity index (χ1) is 18.0. The Hall–Kier alpha value is -2.52. The Morgan fingerprint density at radius 1 is 1.19 bits per heavy atom. The average molecular weight is 524 g/mol. The number of nitrogens with one attached hydrogen (secondary N) is 1. The first kappa shape index (κ1) is 24.8. The molecule has 4 aliphatic rings. The Bertz CT molecular complexity index is 1200. The Labute approximate surface area is 221 Å². The van der Waals surface area contributed by atoms with Gasteiger partial charge in [0.1, 0.15) is 10.7 Å². The molecular formula is C28H37N5O3S. The molecule has 6 rings (SSSR count). The van der Waals surface area contributed by atoms with E-state index in [1.165, 1.54) is 5.56 Å². The molecule has 1 aromatic carbocycles. The number of amides is 1. The Morgan fingerprint density at radius 3 is 2.76 bits per heavy atom. The molecule has 37 heavy (non-hydrogen) atoms. The van der Waals surface area contributed by atoms with Gasteiger partial charge in [0.25, 0.3) is 5.91 Å². The lowest BCUT2D eigenvalue weighted by atomic mass is 9.89. The monoisotopic (exact) mass is 523 g/mol. The van der Waals surface area contributed by atoms with Gasteiger partial charge in [-0.15, -0.1) is 0 Å². The van der Waals surface area contributed by atoms with Gasteiger partial charge in [-0.1, -0.05) is 19.1 Å². The second kappa shape index (κ2) is 10.3. The summed E-state index contributed by atoms with van der Waals surface area (Å²) in [5, 5.41) is 3.60. The van der Waals surface area contributed by atoms with E-state index in [1.807, 2.05) is 24.1 Å². The standard InChI is InChI=1S/C28H37N5O3S/c1-3-24-22(18-5-4-6-19(17-18)27(34)32(2)21-7-8-21)9-13-33(24)28-30-23-12-16-37(35)25(23)26(31-28)29-20-10-14-36-15-11-20/h4-6,17,20-22,24H,3,7-16H2,1-2H3,(H,29,30,31). The van der Waals surface area contributed by atoms with E-state index in [2.05, 4.69) is 29.3 Å². The summed E-state index contributed by atoms with van der Waals surface area (Å²) in [7, 11) is 0.866. The number of rotatable bonds is 7. The van der Waals surface area contributed by atoms with Gasteiger partial charge < -0.3 is 19.9 Å². The van der Waals surface area contributed by atoms with E-state index in [0.717, 1.165) is 92.6 Å². The summed E-state index contributed by atoms with van der Waals surface area (Å²) in [4.78, 5) is 28.0. The minimum absolute atomic E-state index is 0.117. The fourth-order valence-corrected chi connectivity index (χ4v) is 7.49. The van der Waals surface area contributed by atoms with Gasteiger partial charge in [0.15, 0.2) is 0 Å². The van der Waals surface area contributed by atoms with Gasteiger partial charge in [0, 0.05) is 68.6 Å². The van der Waals surface area contributed by atoms with E-state index in [9.17, 15) is 9.00 Å². The van der Waals surface area contributed by atoms with Crippen molar-refractivity contribution in [1.29, 1.82) is 0 Å². The van der Waals surface area contributed by atoms with E-state index in [1.54, 1.807) is 0 Å². The van der Waals surface area contributed by atoms with Crippen LogP contribution in [-0.2, 0) is 22.0 Å². The second-order valence-electron chi connectivity index (χ2n) is 10.8. The molecule has 3 aliphatic heterocycles. The lowest BCUT2D eigenvalue weighted by Gasteiger charge is -2.29. The van der Waals surface area contributed by atoms with Crippen molar-refractivity contribution in [3.63, 3.8) is 0 Å². The van der Waals surface area contributed by atoms with Crippen molar-refractivity contribution >= 4 is 28.5 Å². The van der Waals surface area contributed by atoms with Gasteiger partial charge in [-0.3, -0.25) is 9.00 Å². The number of hydrogen-bond donors (Lipinski definition) is 1. The minimum Gasteiger partial charge on any atom is -0.381 e. The smallest absolute Gasteiger partial charge is 0.253 e. The lowest BCUT2D eigenvalue weighted by Crippen LogP contribution is -2.34. The van der Waals surface area contributed by atoms with Gasteiger partial charge >= 0.3 is 0 Å². The number of anilines is 2. The zero-order valence-corrected chi connectivity index (χ0v) is 22.6. The molecule has 9 heteroatoms. The summed E-state index contributed by atoms with van der Waals surface area (Å²) in [6.45, 7) is 4.56.